The molecule has 0 radical (unpaired) electrons. The van der Waals surface area contributed by atoms with Crippen LogP contribution in [0, 0.1) is 15.9 Å². The van der Waals surface area contributed by atoms with Crippen LogP contribution >= 0.6 is 0 Å². The highest BCUT2D eigenvalue weighted by atomic mass is 19.4. The van der Waals surface area contributed by atoms with Gasteiger partial charge in [0.2, 0.25) is 0 Å². The summed E-state index contributed by atoms with van der Waals surface area (Å²) in [4.78, 5) is 21.7. The maximum Gasteiger partial charge on any atom is 0.423 e. The molecule has 0 saturated heterocycles. The number of halogens is 4. The fourth-order valence-electron chi connectivity index (χ4n) is 2.09. The Kier molecular flexibility index (Phi) is 5.88. The van der Waals surface area contributed by atoms with E-state index >= 15 is 0 Å². The number of nitrogens with one attached hydrogen (secondary N) is 1. The monoisotopic (exact) mass is 401 g/mol. The van der Waals surface area contributed by atoms with Gasteiger partial charge >= 0.3 is 6.18 Å². The van der Waals surface area contributed by atoms with E-state index in [9.17, 15) is 37.6 Å². The fraction of sp³-hybridized carbons (Fsp3) is 0.235. The van der Waals surface area contributed by atoms with Gasteiger partial charge in [0.05, 0.1) is 4.92 Å². The summed E-state index contributed by atoms with van der Waals surface area (Å²) in [6.45, 7) is 0.478. The fourth-order valence-corrected chi connectivity index (χ4v) is 2.09. The number of aliphatic hydroxyl groups is 1. The highest BCUT2D eigenvalue weighted by molar-refractivity contribution is 5.97. The zero-order valence-corrected chi connectivity index (χ0v) is 14.3. The Bertz CT molecular complexity index is 882. The Morgan fingerprint density at radius 3 is 2.36 bits per heavy atom. The maximum absolute atomic E-state index is 13.0. The average Bonchev–Trinajstić information content (AvgIpc) is 2.60. The van der Waals surface area contributed by atoms with E-state index in [-0.39, 0.29) is 5.75 Å². The minimum Gasteiger partial charge on any atom is -0.490 e. The van der Waals surface area contributed by atoms with Crippen molar-refractivity contribution in [3.05, 3.63) is 64.0 Å². The molecule has 28 heavy (non-hydrogen) atoms. The van der Waals surface area contributed by atoms with Crippen molar-refractivity contribution in [1.82, 2.24) is 0 Å². The van der Waals surface area contributed by atoms with Gasteiger partial charge in [0.1, 0.15) is 23.7 Å². The first-order valence-corrected chi connectivity index (χ1v) is 7.68. The number of carbonyl (C=O) groups is 1. The molecule has 0 aliphatic rings. The summed E-state index contributed by atoms with van der Waals surface area (Å²) in [5.41, 5.74) is -5.27. The lowest BCUT2D eigenvalue weighted by Crippen LogP contribution is -2.45. The molecule has 2 aromatic carbocycles. The second-order valence-electron chi connectivity index (χ2n) is 5.96. The average molecular weight is 401 g/mol. The van der Waals surface area contributed by atoms with Gasteiger partial charge in [0, 0.05) is 11.8 Å². The maximum atomic E-state index is 13.0. The Balaban J connectivity index is 2.14. The number of nitro groups is 1. The molecule has 2 aromatic rings. The number of hydrogen-bond donors (Lipinski definition) is 2. The molecule has 0 unspecified atom stereocenters. The number of hydrogen-bond acceptors (Lipinski definition) is 5. The standard InChI is InChI=1S/C17H14F4N2O5/c1-16(25,9-28-12-5-2-10(18)3-6-12)15(24)22-11-4-7-14(23(26)27)13(8-11)17(19,20)21/h2-8,25H,9H2,1H3,(H,22,24)/t16-/m0/s1/i18-1. The van der Waals surface area contributed by atoms with Gasteiger partial charge in [-0.1, -0.05) is 0 Å². The molecule has 2 N–H and O–H groups in total. The molecule has 0 aromatic heterocycles. The van der Waals surface area contributed by atoms with Crippen LogP contribution in [0.5, 0.6) is 5.75 Å². The third kappa shape index (κ3) is 5.16. The van der Waals surface area contributed by atoms with Crippen molar-refractivity contribution in [2.45, 2.75) is 18.7 Å². The molecule has 7 nitrogen and oxygen atoms in total. The summed E-state index contributed by atoms with van der Waals surface area (Å²) in [6, 6.07) is 6.61. The topological polar surface area (TPSA) is 102 Å². The first-order chi connectivity index (χ1) is 12.9. The molecule has 2 rings (SSSR count). The van der Waals surface area contributed by atoms with Crippen LogP contribution in [-0.2, 0) is 11.0 Å². The Hall–Kier alpha value is -3.21. The minimum atomic E-state index is -5.02. The summed E-state index contributed by atoms with van der Waals surface area (Å²) in [5, 5.41) is 23.0. The van der Waals surface area contributed by atoms with Gasteiger partial charge in [0.15, 0.2) is 5.60 Å². The molecule has 11 heteroatoms. The zero-order chi connectivity index (χ0) is 21.1. The SMILES string of the molecule is C[C@](O)(COc1ccc([18F])cc1)C(=O)Nc1ccc([N+](=O)[O-])c(C(F)(F)F)c1. The van der Waals surface area contributed by atoms with Crippen LogP contribution in [0.25, 0.3) is 0 Å². The number of alkyl halides is 3. The van der Waals surface area contributed by atoms with E-state index < -0.39 is 52.0 Å². The molecule has 0 bridgehead atoms. The largest absolute Gasteiger partial charge is 0.490 e. The first-order valence-electron chi connectivity index (χ1n) is 7.68. The molecule has 0 heterocycles. The van der Waals surface area contributed by atoms with Crippen LogP contribution in [0.15, 0.2) is 42.5 Å². The Morgan fingerprint density at radius 1 is 1.21 bits per heavy atom. The molecule has 0 spiro atoms. The smallest absolute Gasteiger partial charge is 0.423 e. The molecule has 0 fully saturated rings. The van der Waals surface area contributed by atoms with Crippen LogP contribution in [0.3, 0.4) is 0 Å². The number of amides is 1. The second-order valence-corrected chi connectivity index (χ2v) is 5.96. The molecule has 1 amide bonds. The van der Waals surface area contributed by atoms with E-state index in [1.54, 1.807) is 0 Å². The van der Waals surface area contributed by atoms with E-state index in [1.165, 1.54) is 12.1 Å². The van der Waals surface area contributed by atoms with E-state index in [0.29, 0.717) is 12.1 Å². The van der Waals surface area contributed by atoms with Crippen molar-refractivity contribution in [2.24, 2.45) is 0 Å². The quantitative estimate of drug-likeness (QED) is 0.438. The number of rotatable bonds is 6. The van der Waals surface area contributed by atoms with Crippen LogP contribution in [0.1, 0.15) is 12.5 Å². The number of nitrogens with zero attached hydrogens (tertiary/aromatic N) is 1. The highest BCUT2D eigenvalue weighted by Crippen LogP contribution is 2.37. The highest BCUT2D eigenvalue weighted by Gasteiger charge is 2.39. The summed E-state index contributed by atoms with van der Waals surface area (Å²) >= 11 is 0. The number of benzene rings is 2. The molecule has 150 valence electrons. The normalized spacial score (nSPS) is 13.5. The molecule has 0 aliphatic carbocycles. The van der Waals surface area contributed by atoms with Gasteiger partial charge in [-0.2, -0.15) is 13.2 Å². The van der Waals surface area contributed by atoms with Crippen molar-refractivity contribution < 1.29 is 37.1 Å². The lowest BCUT2D eigenvalue weighted by molar-refractivity contribution is -0.388. The minimum absolute atomic E-state index is 0.157. The molecular formula is C17H14F4N2O5. The van der Waals surface area contributed by atoms with E-state index in [1.807, 2.05) is 0 Å². The number of carbonyl (C=O) groups excluding carboxylic acids is 1. The number of nitro benzene ring substituents is 1. The van der Waals surface area contributed by atoms with Crippen LogP contribution in [0.2, 0.25) is 0 Å². The number of anilines is 1. The molecule has 0 aliphatic heterocycles. The molecule has 1 atom stereocenters. The van der Waals surface area contributed by atoms with Crippen molar-refractivity contribution in [1.29, 1.82) is 0 Å². The predicted octanol–water partition coefficient (Wildman–Crippen LogP) is 3.52. The lowest BCUT2D eigenvalue weighted by Gasteiger charge is -2.23. The second kappa shape index (κ2) is 7.80. The van der Waals surface area contributed by atoms with Crippen LogP contribution < -0.4 is 10.1 Å². The van der Waals surface area contributed by atoms with Gasteiger partial charge < -0.3 is 15.2 Å². The summed E-state index contributed by atoms with van der Waals surface area (Å²) in [7, 11) is 0. The summed E-state index contributed by atoms with van der Waals surface area (Å²) in [6.07, 6.45) is -5.02. The van der Waals surface area contributed by atoms with E-state index in [0.717, 1.165) is 25.1 Å². The number of ether oxygens (including phenoxy) is 1. The van der Waals surface area contributed by atoms with Crippen molar-refractivity contribution in [2.75, 3.05) is 11.9 Å². The van der Waals surface area contributed by atoms with Gasteiger partial charge in [-0.15, -0.1) is 0 Å². The third-order valence-electron chi connectivity index (χ3n) is 3.58. The van der Waals surface area contributed by atoms with Gasteiger partial charge in [-0.3, -0.25) is 14.9 Å². The predicted molar refractivity (Wildman–Crippen MR) is 89.2 cm³/mol. The Morgan fingerprint density at radius 2 is 1.82 bits per heavy atom. The molecular weight excluding hydrogens is 387 g/mol. The van der Waals surface area contributed by atoms with Gasteiger partial charge in [0.25, 0.3) is 11.6 Å². The van der Waals surface area contributed by atoms with Gasteiger partial charge in [-0.25, -0.2) is 4.39 Å². The van der Waals surface area contributed by atoms with Crippen molar-refractivity contribution >= 4 is 17.3 Å². The molecule has 0 saturated carbocycles. The van der Waals surface area contributed by atoms with Crippen LogP contribution in [-0.4, -0.2) is 28.1 Å². The third-order valence-corrected chi connectivity index (χ3v) is 3.58. The van der Waals surface area contributed by atoms with Gasteiger partial charge in [-0.05, 0) is 43.3 Å². The van der Waals surface area contributed by atoms with Crippen molar-refractivity contribution in [3.63, 3.8) is 0 Å². The van der Waals surface area contributed by atoms with E-state index in [4.69, 9.17) is 4.74 Å². The Labute approximate surface area is 155 Å². The van der Waals surface area contributed by atoms with Crippen LogP contribution in [0.4, 0.5) is 28.9 Å². The summed E-state index contributed by atoms with van der Waals surface area (Å²) in [5.74, 6) is -1.46. The zero-order valence-electron chi connectivity index (χ0n) is 14.3. The summed E-state index contributed by atoms with van der Waals surface area (Å²) < 4.78 is 57.0. The van der Waals surface area contributed by atoms with E-state index in [2.05, 4.69) is 5.32 Å². The first kappa shape index (κ1) is 21.1. The van der Waals surface area contributed by atoms with Crippen molar-refractivity contribution in [3.8, 4) is 5.75 Å². The lowest BCUT2D eigenvalue weighted by atomic mass is 10.1.